The molecule has 0 aliphatic carbocycles. The Kier molecular flexibility index (Phi) is 7.10. The number of nitrogens with one attached hydrogen (secondary N) is 1. The maximum Gasteiger partial charge on any atom is 0.0641 e. The molecule has 1 aromatic heterocycles. The maximum absolute atomic E-state index is 5.07. The van der Waals surface area contributed by atoms with Gasteiger partial charge in [-0.1, -0.05) is 13.8 Å². The van der Waals surface area contributed by atoms with Crippen LogP contribution in [0.25, 0.3) is 0 Å². The van der Waals surface area contributed by atoms with E-state index < -0.39 is 0 Å². The Labute approximate surface area is 117 Å². The number of methoxy groups -OCH3 is 1. The largest absolute Gasteiger partial charge is 0.385 e. The molecule has 0 spiro atoms. The Bertz CT molecular complexity index is 372. The summed E-state index contributed by atoms with van der Waals surface area (Å²) in [6, 6.07) is 0. The third-order valence-corrected chi connectivity index (χ3v) is 3.35. The van der Waals surface area contributed by atoms with E-state index in [1.165, 1.54) is 11.3 Å². The van der Waals surface area contributed by atoms with Gasteiger partial charge in [-0.05, 0) is 39.2 Å². The van der Waals surface area contributed by atoms with E-state index in [-0.39, 0.29) is 0 Å². The molecular formula is C15H29N3O. The topological polar surface area (TPSA) is 39.1 Å². The number of nitrogens with zero attached hydrogens (tertiary/aromatic N) is 2. The fourth-order valence-corrected chi connectivity index (χ4v) is 2.20. The quantitative estimate of drug-likeness (QED) is 0.699. The summed E-state index contributed by atoms with van der Waals surface area (Å²) in [7, 11) is 1.75. The summed E-state index contributed by atoms with van der Waals surface area (Å²) >= 11 is 0. The van der Waals surface area contributed by atoms with Crippen molar-refractivity contribution in [2.75, 3.05) is 20.3 Å². The molecule has 4 heteroatoms. The second-order valence-corrected chi connectivity index (χ2v) is 5.60. The minimum absolute atomic E-state index is 0.685. The van der Waals surface area contributed by atoms with Crippen LogP contribution in [0.1, 0.15) is 43.6 Å². The molecule has 110 valence electrons. The van der Waals surface area contributed by atoms with Gasteiger partial charge in [0.25, 0.3) is 0 Å². The van der Waals surface area contributed by atoms with Crippen molar-refractivity contribution in [2.45, 2.75) is 53.6 Å². The third kappa shape index (κ3) is 5.33. The minimum Gasteiger partial charge on any atom is -0.385 e. The van der Waals surface area contributed by atoms with E-state index in [9.17, 15) is 0 Å². The molecule has 0 amide bonds. The Morgan fingerprint density at radius 1 is 1.26 bits per heavy atom. The molecule has 0 aliphatic heterocycles. The molecule has 1 aromatic rings. The van der Waals surface area contributed by atoms with Crippen LogP contribution in [0, 0.1) is 19.8 Å². The van der Waals surface area contributed by atoms with Gasteiger partial charge in [-0.2, -0.15) is 5.10 Å². The number of ether oxygens (including phenoxy) is 1. The van der Waals surface area contributed by atoms with Crippen molar-refractivity contribution >= 4 is 0 Å². The lowest BCUT2D eigenvalue weighted by Gasteiger charge is -2.08. The maximum atomic E-state index is 5.07. The van der Waals surface area contributed by atoms with Crippen molar-refractivity contribution in [3.05, 3.63) is 17.0 Å². The average Bonchev–Trinajstić information content (AvgIpc) is 2.62. The summed E-state index contributed by atoms with van der Waals surface area (Å²) in [5.74, 6) is 0.685. The monoisotopic (exact) mass is 267 g/mol. The molecule has 0 aromatic carbocycles. The number of hydrogen-bond acceptors (Lipinski definition) is 3. The van der Waals surface area contributed by atoms with Gasteiger partial charge < -0.3 is 10.1 Å². The second-order valence-electron chi connectivity index (χ2n) is 5.60. The first kappa shape index (κ1) is 16.2. The van der Waals surface area contributed by atoms with Gasteiger partial charge in [0, 0.05) is 38.1 Å². The van der Waals surface area contributed by atoms with Crippen molar-refractivity contribution in [2.24, 2.45) is 5.92 Å². The lowest BCUT2D eigenvalue weighted by atomic mass is 10.1. The summed E-state index contributed by atoms with van der Waals surface area (Å²) in [5, 5.41) is 8.14. The van der Waals surface area contributed by atoms with Gasteiger partial charge in [-0.3, -0.25) is 4.68 Å². The number of hydrogen-bond donors (Lipinski definition) is 1. The van der Waals surface area contributed by atoms with Crippen LogP contribution >= 0.6 is 0 Å². The molecule has 19 heavy (non-hydrogen) atoms. The standard InChI is InChI=1S/C15H29N3O/c1-12(2)10-16-11-15-13(3)17-18(14(15)4)8-6-7-9-19-5/h12,16H,6-11H2,1-5H3. The van der Waals surface area contributed by atoms with E-state index in [2.05, 4.69) is 42.8 Å². The summed E-state index contributed by atoms with van der Waals surface area (Å²) in [6.07, 6.45) is 2.21. The van der Waals surface area contributed by atoms with Gasteiger partial charge in [-0.25, -0.2) is 0 Å². The lowest BCUT2D eigenvalue weighted by molar-refractivity contribution is 0.191. The smallest absolute Gasteiger partial charge is 0.0641 e. The van der Waals surface area contributed by atoms with Crippen molar-refractivity contribution in [1.82, 2.24) is 15.1 Å². The molecule has 0 bridgehead atoms. The van der Waals surface area contributed by atoms with E-state index in [4.69, 9.17) is 4.74 Å². The number of aromatic nitrogens is 2. The molecule has 0 atom stereocenters. The van der Waals surface area contributed by atoms with Crippen molar-refractivity contribution < 1.29 is 4.74 Å². The molecule has 4 nitrogen and oxygen atoms in total. The van der Waals surface area contributed by atoms with Crippen LogP contribution in [0.2, 0.25) is 0 Å². The highest BCUT2D eigenvalue weighted by atomic mass is 16.5. The van der Waals surface area contributed by atoms with Crippen molar-refractivity contribution in [3.63, 3.8) is 0 Å². The van der Waals surface area contributed by atoms with Crippen LogP contribution in [0.15, 0.2) is 0 Å². The predicted octanol–water partition coefficient (Wildman–Crippen LogP) is 2.67. The van der Waals surface area contributed by atoms with E-state index in [1.807, 2.05) is 0 Å². The zero-order valence-corrected chi connectivity index (χ0v) is 13.1. The molecule has 1 N–H and O–H groups in total. The summed E-state index contributed by atoms with van der Waals surface area (Å²) < 4.78 is 7.21. The SMILES string of the molecule is COCCCCn1nc(C)c(CNCC(C)C)c1C. The Balaban J connectivity index is 2.51. The van der Waals surface area contributed by atoms with Gasteiger partial charge in [0.1, 0.15) is 0 Å². The Hall–Kier alpha value is -0.870. The van der Waals surface area contributed by atoms with Gasteiger partial charge in [-0.15, -0.1) is 0 Å². The summed E-state index contributed by atoms with van der Waals surface area (Å²) in [4.78, 5) is 0. The molecular weight excluding hydrogens is 238 g/mol. The normalized spacial score (nSPS) is 11.5. The van der Waals surface area contributed by atoms with Gasteiger partial charge >= 0.3 is 0 Å². The minimum atomic E-state index is 0.685. The fourth-order valence-electron chi connectivity index (χ4n) is 2.20. The molecule has 1 heterocycles. The van der Waals surface area contributed by atoms with Gasteiger partial charge in [0.2, 0.25) is 0 Å². The first-order valence-corrected chi connectivity index (χ1v) is 7.28. The molecule has 0 saturated carbocycles. The molecule has 0 fully saturated rings. The Morgan fingerprint density at radius 3 is 2.63 bits per heavy atom. The molecule has 1 rings (SSSR count). The molecule has 0 radical (unpaired) electrons. The Morgan fingerprint density at radius 2 is 2.00 bits per heavy atom. The van der Waals surface area contributed by atoms with E-state index in [0.717, 1.165) is 44.8 Å². The second kappa shape index (κ2) is 8.33. The fraction of sp³-hybridized carbons (Fsp3) is 0.800. The van der Waals surface area contributed by atoms with Gasteiger partial charge in [0.15, 0.2) is 0 Å². The molecule has 0 unspecified atom stereocenters. The highest BCUT2D eigenvalue weighted by Crippen LogP contribution is 2.13. The molecule has 0 saturated heterocycles. The summed E-state index contributed by atoms with van der Waals surface area (Å²) in [5.41, 5.74) is 3.80. The van der Waals surface area contributed by atoms with Crippen molar-refractivity contribution in [1.29, 1.82) is 0 Å². The number of rotatable bonds is 9. The van der Waals surface area contributed by atoms with Crippen LogP contribution in [-0.4, -0.2) is 30.0 Å². The van der Waals surface area contributed by atoms with Crippen LogP contribution in [0.5, 0.6) is 0 Å². The first-order chi connectivity index (χ1) is 9.06. The van der Waals surface area contributed by atoms with E-state index >= 15 is 0 Å². The van der Waals surface area contributed by atoms with Crippen LogP contribution in [-0.2, 0) is 17.8 Å². The zero-order valence-electron chi connectivity index (χ0n) is 13.1. The first-order valence-electron chi connectivity index (χ1n) is 7.28. The lowest BCUT2D eigenvalue weighted by Crippen LogP contribution is -2.19. The highest BCUT2D eigenvalue weighted by Gasteiger charge is 2.10. The molecule has 0 aliphatic rings. The van der Waals surface area contributed by atoms with Gasteiger partial charge in [0.05, 0.1) is 5.69 Å². The van der Waals surface area contributed by atoms with Crippen LogP contribution in [0.3, 0.4) is 0 Å². The van der Waals surface area contributed by atoms with Crippen LogP contribution < -0.4 is 5.32 Å². The number of aryl methyl sites for hydroxylation is 2. The highest BCUT2D eigenvalue weighted by molar-refractivity contribution is 5.24. The van der Waals surface area contributed by atoms with E-state index in [0.29, 0.717) is 5.92 Å². The zero-order chi connectivity index (χ0) is 14.3. The number of unbranched alkanes of at least 4 members (excludes halogenated alkanes) is 1. The average molecular weight is 267 g/mol. The van der Waals surface area contributed by atoms with Crippen LogP contribution in [0.4, 0.5) is 0 Å². The van der Waals surface area contributed by atoms with E-state index in [1.54, 1.807) is 7.11 Å². The third-order valence-electron chi connectivity index (χ3n) is 3.35. The predicted molar refractivity (Wildman–Crippen MR) is 79.4 cm³/mol. The van der Waals surface area contributed by atoms with Crippen molar-refractivity contribution in [3.8, 4) is 0 Å². The summed E-state index contributed by atoms with van der Waals surface area (Å²) in [6.45, 7) is 12.5.